The molecule has 0 bridgehead atoms. The van der Waals surface area contributed by atoms with Gasteiger partial charge in [-0.2, -0.15) is 5.10 Å². The Bertz CT molecular complexity index is 1110. The summed E-state index contributed by atoms with van der Waals surface area (Å²) in [4.78, 5) is 16.6. The topological polar surface area (TPSA) is 68.5 Å². The van der Waals surface area contributed by atoms with E-state index >= 15 is 0 Å². The molecule has 1 N–H and O–H groups in total. The fourth-order valence-corrected chi connectivity index (χ4v) is 2.87. The Kier molecular flexibility index (Phi) is 3.74. The average molecular weight is 353 g/mol. The first kappa shape index (κ1) is 15.4. The smallest absolute Gasteiger partial charge is 0.343 e. The van der Waals surface area contributed by atoms with E-state index in [0.717, 1.165) is 16.6 Å². The van der Waals surface area contributed by atoms with Crippen molar-refractivity contribution in [3.8, 4) is 0 Å². The number of aromatic nitrogens is 3. The highest BCUT2D eigenvalue weighted by molar-refractivity contribution is 6.33. The van der Waals surface area contributed by atoms with Crippen LogP contribution >= 0.6 is 11.6 Å². The van der Waals surface area contributed by atoms with Gasteiger partial charge in [0.15, 0.2) is 5.65 Å². The van der Waals surface area contributed by atoms with Gasteiger partial charge < -0.3 is 10.1 Å². The number of nitrogens with zero attached hydrogens (tertiary/aromatic N) is 3. The van der Waals surface area contributed by atoms with Crippen molar-refractivity contribution < 1.29 is 9.53 Å². The third-order valence-corrected chi connectivity index (χ3v) is 4.21. The van der Waals surface area contributed by atoms with Crippen molar-refractivity contribution in [3.05, 3.63) is 65.3 Å². The van der Waals surface area contributed by atoms with Crippen LogP contribution in [0.4, 0.5) is 11.5 Å². The number of hydrogen-bond acceptors (Lipinski definition) is 5. The van der Waals surface area contributed by atoms with Gasteiger partial charge in [0, 0.05) is 5.39 Å². The monoisotopic (exact) mass is 352 g/mol. The van der Waals surface area contributed by atoms with Crippen molar-refractivity contribution in [3.63, 3.8) is 0 Å². The van der Waals surface area contributed by atoms with E-state index in [4.69, 9.17) is 16.3 Å². The molecule has 2 heterocycles. The van der Waals surface area contributed by atoms with Crippen LogP contribution in [0.15, 0.2) is 54.7 Å². The number of para-hydroxylation sites is 2. The Morgan fingerprint density at radius 1 is 1.16 bits per heavy atom. The Balaban J connectivity index is 1.98. The molecule has 2 aromatic carbocycles. The quantitative estimate of drug-likeness (QED) is 0.563. The molecule has 0 saturated carbocycles. The molecule has 2 aromatic heterocycles. The minimum atomic E-state index is -0.485. The van der Waals surface area contributed by atoms with Crippen molar-refractivity contribution in [2.45, 2.75) is 0 Å². The maximum atomic E-state index is 12.0. The summed E-state index contributed by atoms with van der Waals surface area (Å²) in [6.07, 6.45) is 1.46. The van der Waals surface area contributed by atoms with Crippen molar-refractivity contribution in [2.75, 3.05) is 12.4 Å². The summed E-state index contributed by atoms with van der Waals surface area (Å²) in [7, 11) is 1.33. The molecule has 124 valence electrons. The standard InChI is InChI=1S/C18H13ClN4O2/c1-25-18(24)12-10-20-23-15-9-5-2-6-11(15)16(22-17(12)23)21-14-8-4-3-7-13(14)19/h2-10H,1H3,(H,21,22). The maximum Gasteiger partial charge on any atom is 0.343 e. The largest absolute Gasteiger partial charge is 0.465 e. The van der Waals surface area contributed by atoms with Gasteiger partial charge in [-0.25, -0.2) is 14.3 Å². The summed E-state index contributed by atoms with van der Waals surface area (Å²) in [6, 6.07) is 15.1. The molecule has 0 fully saturated rings. The maximum absolute atomic E-state index is 12.0. The van der Waals surface area contributed by atoms with E-state index in [2.05, 4.69) is 15.4 Å². The second-order valence-electron chi connectivity index (χ2n) is 5.37. The number of rotatable bonds is 3. The highest BCUT2D eigenvalue weighted by atomic mass is 35.5. The second kappa shape index (κ2) is 6.07. The van der Waals surface area contributed by atoms with Crippen LogP contribution in [0.25, 0.3) is 16.6 Å². The van der Waals surface area contributed by atoms with Crippen molar-refractivity contribution in [1.29, 1.82) is 0 Å². The Labute approximate surface area is 148 Å². The Hall–Kier alpha value is -3.12. The van der Waals surface area contributed by atoms with Crippen LogP contribution in [0.5, 0.6) is 0 Å². The minimum absolute atomic E-state index is 0.301. The minimum Gasteiger partial charge on any atom is -0.465 e. The molecule has 0 aliphatic heterocycles. The predicted molar refractivity (Wildman–Crippen MR) is 96.6 cm³/mol. The lowest BCUT2D eigenvalue weighted by atomic mass is 10.2. The number of ether oxygens (including phenoxy) is 1. The molecule has 25 heavy (non-hydrogen) atoms. The highest BCUT2D eigenvalue weighted by Gasteiger charge is 2.18. The number of carbonyl (C=O) groups is 1. The fraction of sp³-hybridized carbons (Fsp3) is 0.0556. The van der Waals surface area contributed by atoms with Gasteiger partial charge in [-0.05, 0) is 24.3 Å². The van der Waals surface area contributed by atoms with Crippen LogP contribution in [-0.4, -0.2) is 27.7 Å². The Morgan fingerprint density at radius 2 is 1.92 bits per heavy atom. The van der Waals surface area contributed by atoms with Crippen LogP contribution in [0, 0.1) is 0 Å². The van der Waals surface area contributed by atoms with Gasteiger partial charge >= 0.3 is 5.97 Å². The normalized spacial score (nSPS) is 11.0. The van der Waals surface area contributed by atoms with Crippen LogP contribution in [-0.2, 0) is 4.74 Å². The molecule has 0 saturated heterocycles. The van der Waals surface area contributed by atoms with E-state index in [1.165, 1.54) is 13.3 Å². The van der Waals surface area contributed by atoms with Gasteiger partial charge in [0.25, 0.3) is 0 Å². The van der Waals surface area contributed by atoms with E-state index in [9.17, 15) is 4.79 Å². The summed E-state index contributed by atoms with van der Waals surface area (Å²) in [5.74, 6) is 0.100. The van der Waals surface area contributed by atoms with E-state index in [1.54, 1.807) is 10.6 Å². The molecule has 0 atom stereocenters. The van der Waals surface area contributed by atoms with Crippen molar-refractivity contribution >= 4 is 45.6 Å². The van der Waals surface area contributed by atoms with Gasteiger partial charge in [0.1, 0.15) is 11.4 Å². The molecule has 0 radical (unpaired) electrons. The number of carbonyl (C=O) groups excluding carboxylic acids is 1. The number of esters is 1. The van der Waals surface area contributed by atoms with Gasteiger partial charge in [0.2, 0.25) is 0 Å². The molecule has 0 spiro atoms. The average Bonchev–Trinajstić information content (AvgIpc) is 3.07. The highest BCUT2D eigenvalue weighted by Crippen LogP contribution is 2.30. The summed E-state index contributed by atoms with van der Waals surface area (Å²) in [5.41, 5.74) is 2.26. The number of benzene rings is 2. The number of hydrogen-bond donors (Lipinski definition) is 1. The lowest BCUT2D eigenvalue weighted by Gasteiger charge is -2.11. The van der Waals surface area contributed by atoms with Gasteiger partial charge in [-0.3, -0.25) is 0 Å². The van der Waals surface area contributed by atoms with E-state index in [-0.39, 0.29) is 0 Å². The third kappa shape index (κ3) is 2.56. The molecule has 7 heteroatoms. The van der Waals surface area contributed by atoms with E-state index < -0.39 is 5.97 Å². The summed E-state index contributed by atoms with van der Waals surface area (Å²) in [5, 5.41) is 8.96. The molecule has 0 unspecified atom stereocenters. The first-order valence-electron chi connectivity index (χ1n) is 7.55. The molecule has 0 amide bonds. The van der Waals surface area contributed by atoms with Crippen LogP contribution in [0.2, 0.25) is 5.02 Å². The lowest BCUT2D eigenvalue weighted by molar-refractivity contribution is 0.0602. The molecular formula is C18H13ClN4O2. The lowest BCUT2D eigenvalue weighted by Crippen LogP contribution is -2.04. The van der Waals surface area contributed by atoms with Crippen molar-refractivity contribution in [2.24, 2.45) is 0 Å². The molecule has 6 nitrogen and oxygen atoms in total. The van der Waals surface area contributed by atoms with Gasteiger partial charge in [0.05, 0.1) is 29.5 Å². The molecule has 4 rings (SSSR count). The van der Waals surface area contributed by atoms with Crippen LogP contribution < -0.4 is 5.32 Å². The number of anilines is 2. The molecule has 0 aliphatic carbocycles. The number of fused-ring (bicyclic) bond motifs is 3. The first-order chi connectivity index (χ1) is 12.2. The fourth-order valence-electron chi connectivity index (χ4n) is 2.69. The zero-order valence-corrected chi connectivity index (χ0v) is 14.0. The van der Waals surface area contributed by atoms with Crippen molar-refractivity contribution in [1.82, 2.24) is 14.6 Å². The summed E-state index contributed by atoms with van der Waals surface area (Å²) >= 11 is 6.24. The number of halogens is 1. The summed E-state index contributed by atoms with van der Waals surface area (Å²) < 4.78 is 6.44. The van der Waals surface area contributed by atoms with Gasteiger partial charge in [-0.15, -0.1) is 0 Å². The van der Waals surface area contributed by atoms with E-state index in [1.807, 2.05) is 42.5 Å². The number of nitrogens with one attached hydrogen (secondary N) is 1. The zero-order chi connectivity index (χ0) is 17.4. The molecule has 4 aromatic rings. The van der Waals surface area contributed by atoms with Gasteiger partial charge in [-0.1, -0.05) is 35.9 Å². The predicted octanol–water partition coefficient (Wildman–Crippen LogP) is 4.07. The van der Waals surface area contributed by atoms with Crippen LogP contribution in [0.1, 0.15) is 10.4 Å². The second-order valence-corrected chi connectivity index (χ2v) is 5.77. The third-order valence-electron chi connectivity index (χ3n) is 3.88. The van der Waals surface area contributed by atoms with E-state index in [0.29, 0.717) is 22.1 Å². The molecule has 0 aliphatic rings. The zero-order valence-electron chi connectivity index (χ0n) is 13.2. The number of methoxy groups -OCH3 is 1. The summed E-state index contributed by atoms with van der Waals surface area (Å²) in [6.45, 7) is 0. The SMILES string of the molecule is COC(=O)c1cnn2c1nc(Nc1ccccc1Cl)c1ccccc12. The van der Waals surface area contributed by atoms with Crippen LogP contribution in [0.3, 0.4) is 0 Å². The first-order valence-corrected chi connectivity index (χ1v) is 7.93. The molecular weight excluding hydrogens is 340 g/mol. The Morgan fingerprint density at radius 3 is 2.72 bits per heavy atom.